The van der Waals surface area contributed by atoms with E-state index in [0.717, 1.165) is 21.9 Å². The molecule has 1 amide bonds. The summed E-state index contributed by atoms with van der Waals surface area (Å²) in [6, 6.07) is 13.4. The summed E-state index contributed by atoms with van der Waals surface area (Å²) >= 11 is 0. The lowest BCUT2D eigenvalue weighted by molar-refractivity contribution is -0.116. The number of benzene rings is 2. The largest absolute Gasteiger partial charge is 0.456 e. The van der Waals surface area contributed by atoms with Crippen molar-refractivity contribution in [2.75, 3.05) is 5.32 Å². The van der Waals surface area contributed by atoms with E-state index in [1.807, 2.05) is 42.5 Å². The molecule has 2 aromatic carbocycles. The van der Waals surface area contributed by atoms with Gasteiger partial charge in [0.1, 0.15) is 17.0 Å². The van der Waals surface area contributed by atoms with Crippen molar-refractivity contribution in [2.24, 2.45) is 0 Å². The molecule has 136 valence electrons. The average Bonchev–Trinajstić information content (AvgIpc) is 2.99. The van der Waals surface area contributed by atoms with E-state index in [1.165, 1.54) is 0 Å². The minimum atomic E-state index is -0.181. The molecule has 0 radical (unpaired) electrons. The van der Waals surface area contributed by atoms with Crippen LogP contribution in [0.15, 0.2) is 51.7 Å². The van der Waals surface area contributed by atoms with E-state index >= 15 is 0 Å². The van der Waals surface area contributed by atoms with Crippen LogP contribution in [0.5, 0.6) is 0 Å². The Labute approximate surface area is 155 Å². The Hall–Kier alpha value is -3.41. The number of carbonyl (C=O) groups is 1. The van der Waals surface area contributed by atoms with Gasteiger partial charge in [-0.15, -0.1) is 0 Å². The van der Waals surface area contributed by atoms with Crippen molar-refractivity contribution in [3.05, 3.63) is 69.9 Å². The van der Waals surface area contributed by atoms with Crippen molar-refractivity contribution in [3.63, 3.8) is 0 Å². The Morgan fingerprint density at radius 2 is 1.89 bits per heavy atom. The molecule has 0 spiro atoms. The van der Waals surface area contributed by atoms with E-state index < -0.39 is 0 Å². The molecule has 0 aliphatic heterocycles. The average molecular weight is 361 g/mol. The number of aromatic nitrogens is 2. The molecule has 6 heteroatoms. The molecular weight excluding hydrogens is 342 g/mol. The Kier molecular flexibility index (Phi) is 4.24. The number of anilines is 1. The Bertz CT molecular complexity index is 1220. The lowest BCUT2D eigenvalue weighted by Gasteiger charge is -2.07. The van der Waals surface area contributed by atoms with Crippen LogP contribution in [0, 0.1) is 13.8 Å². The van der Waals surface area contributed by atoms with Crippen molar-refractivity contribution in [3.8, 4) is 0 Å². The van der Waals surface area contributed by atoms with Gasteiger partial charge in [0, 0.05) is 34.1 Å². The van der Waals surface area contributed by atoms with Crippen molar-refractivity contribution in [1.29, 1.82) is 0 Å². The van der Waals surface area contributed by atoms with Crippen LogP contribution >= 0.6 is 0 Å². The number of H-pyrrole nitrogens is 1. The number of nitrogens with one attached hydrogen (secondary N) is 2. The second-order valence-corrected chi connectivity index (χ2v) is 6.57. The Balaban J connectivity index is 1.51. The first-order valence-corrected chi connectivity index (χ1v) is 8.79. The molecule has 0 aliphatic rings. The third-order valence-corrected chi connectivity index (χ3v) is 4.60. The smallest absolute Gasteiger partial charge is 0.254 e. The van der Waals surface area contributed by atoms with Gasteiger partial charge in [-0.1, -0.05) is 18.2 Å². The first-order valence-electron chi connectivity index (χ1n) is 8.79. The number of para-hydroxylation sites is 1. The van der Waals surface area contributed by atoms with Crippen LogP contribution in [0.2, 0.25) is 0 Å². The fourth-order valence-electron chi connectivity index (χ4n) is 3.31. The van der Waals surface area contributed by atoms with E-state index in [1.54, 1.807) is 13.8 Å². The molecule has 0 bridgehead atoms. The molecule has 4 aromatic rings. The first-order chi connectivity index (χ1) is 13.0. The van der Waals surface area contributed by atoms with Gasteiger partial charge < -0.3 is 14.7 Å². The van der Waals surface area contributed by atoms with Gasteiger partial charge in [-0.25, -0.2) is 4.98 Å². The molecule has 0 saturated heterocycles. The molecule has 0 fully saturated rings. The first kappa shape index (κ1) is 17.0. The third kappa shape index (κ3) is 3.33. The lowest BCUT2D eigenvalue weighted by atomic mass is 10.1. The van der Waals surface area contributed by atoms with Crippen molar-refractivity contribution < 1.29 is 9.21 Å². The van der Waals surface area contributed by atoms with E-state index in [2.05, 4.69) is 15.3 Å². The van der Waals surface area contributed by atoms with E-state index in [0.29, 0.717) is 29.2 Å². The lowest BCUT2D eigenvalue weighted by Crippen LogP contribution is -2.20. The topological polar surface area (TPSA) is 88.0 Å². The summed E-state index contributed by atoms with van der Waals surface area (Å²) in [5, 5.41) is 4.86. The predicted molar refractivity (Wildman–Crippen MR) is 105 cm³/mol. The molecule has 0 aliphatic carbocycles. The minimum Gasteiger partial charge on any atom is -0.456 e. The number of carbonyl (C=O) groups excluding carboxylic acids is 1. The predicted octanol–water partition coefficient (Wildman–Crippen LogP) is 3.86. The summed E-state index contributed by atoms with van der Waals surface area (Å²) in [6.07, 6.45) is 0.552. The number of fused-ring (bicyclic) bond motifs is 3. The number of aryl methyl sites for hydroxylation is 2. The monoisotopic (exact) mass is 361 g/mol. The van der Waals surface area contributed by atoms with E-state index in [9.17, 15) is 9.59 Å². The number of nitrogens with zero attached hydrogens (tertiary/aromatic N) is 1. The van der Waals surface area contributed by atoms with Crippen molar-refractivity contribution >= 4 is 33.5 Å². The highest BCUT2D eigenvalue weighted by Gasteiger charge is 2.11. The zero-order chi connectivity index (χ0) is 19.0. The maximum Gasteiger partial charge on any atom is 0.254 e. The second-order valence-electron chi connectivity index (χ2n) is 6.57. The summed E-state index contributed by atoms with van der Waals surface area (Å²) in [5.41, 5.74) is 3.33. The number of amides is 1. The highest BCUT2D eigenvalue weighted by molar-refractivity contribution is 6.06. The minimum absolute atomic E-state index is 0.151. The summed E-state index contributed by atoms with van der Waals surface area (Å²) in [4.78, 5) is 31.3. The molecule has 2 N–H and O–H groups in total. The van der Waals surface area contributed by atoms with Crippen LogP contribution < -0.4 is 10.9 Å². The van der Waals surface area contributed by atoms with Gasteiger partial charge >= 0.3 is 0 Å². The number of rotatable bonds is 4. The Morgan fingerprint density at radius 3 is 2.70 bits per heavy atom. The number of hydrogen-bond donors (Lipinski definition) is 2. The fraction of sp³-hybridized carbons (Fsp3) is 0.190. The maximum absolute atomic E-state index is 12.3. The van der Waals surface area contributed by atoms with Gasteiger partial charge in [-0.2, -0.15) is 0 Å². The molecule has 2 heterocycles. The van der Waals surface area contributed by atoms with Crippen LogP contribution in [0.25, 0.3) is 21.9 Å². The highest BCUT2D eigenvalue weighted by Crippen LogP contribution is 2.30. The number of aromatic amines is 1. The highest BCUT2D eigenvalue weighted by atomic mass is 16.3. The summed E-state index contributed by atoms with van der Waals surface area (Å²) in [6.45, 7) is 3.52. The molecule has 0 atom stereocenters. The molecule has 0 unspecified atom stereocenters. The van der Waals surface area contributed by atoms with Crippen LogP contribution in [-0.4, -0.2) is 15.9 Å². The van der Waals surface area contributed by atoms with Gasteiger partial charge in [0.15, 0.2) is 0 Å². The maximum atomic E-state index is 12.3. The molecular formula is C21H19N3O3. The van der Waals surface area contributed by atoms with E-state index in [4.69, 9.17) is 4.42 Å². The third-order valence-electron chi connectivity index (χ3n) is 4.60. The summed E-state index contributed by atoms with van der Waals surface area (Å²) in [5.74, 6) is 0.424. The second kappa shape index (κ2) is 6.72. The van der Waals surface area contributed by atoms with Crippen molar-refractivity contribution in [1.82, 2.24) is 9.97 Å². The standard InChI is InChI=1S/C21H19N3O3/c1-12-15(21(26)23-13(2)22-12)8-10-20(25)24-14-7-9-19-17(11-14)16-5-3-4-6-18(16)27-19/h3-7,9,11H,8,10H2,1-2H3,(H,24,25)(H,22,23,26). The SMILES string of the molecule is Cc1nc(C)c(CCC(=O)Nc2ccc3oc4ccccc4c3c2)c(=O)[nH]1. The summed E-state index contributed by atoms with van der Waals surface area (Å²) in [7, 11) is 0. The molecule has 27 heavy (non-hydrogen) atoms. The van der Waals surface area contributed by atoms with Crippen LogP contribution in [-0.2, 0) is 11.2 Å². The fourth-order valence-corrected chi connectivity index (χ4v) is 3.31. The number of furan rings is 1. The van der Waals surface area contributed by atoms with Gasteiger partial charge in [-0.3, -0.25) is 9.59 Å². The summed E-state index contributed by atoms with van der Waals surface area (Å²) < 4.78 is 5.80. The van der Waals surface area contributed by atoms with E-state index in [-0.39, 0.29) is 17.9 Å². The zero-order valence-corrected chi connectivity index (χ0v) is 15.1. The zero-order valence-electron chi connectivity index (χ0n) is 15.1. The Morgan fingerprint density at radius 1 is 1.11 bits per heavy atom. The molecule has 2 aromatic heterocycles. The normalized spacial score (nSPS) is 11.2. The molecule has 0 saturated carbocycles. The van der Waals surface area contributed by atoms with Gasteiger partial charge in [0.05, 0.1) is 0 Å². The molecule has 6 nitrogen and oxygen atoms in total. The number of hydrogen-bond acceptors (Lipinski definition) is 4. The van der Waals surface area contributed by atoms with Crippen LogP contribution in [0.1, 0.15) is 23.5 Å². The van der Waals surface area contributed by atoms with Gasteiger partial charge in [-0.05, 0) is 44.5 Å². The van der Waals surface area contributed by atoms with Gasteiger partial charge in [0.25, 0.3) is 5.56 Å². The van der Waals surface area contributed by atoms with Crippen LogP contribution in [0.4, 0.5) is 5.69 Å². The van der Waals surface area contributed by atoms with Crippen LogP contribution in [0.3, 0.4) is 0 Å². The van der Waals surface area contributed by atoms with Gasteiger partial charge in [0.2, 0.25) is 5.91 Å². The van der Waals surface area contributed by atoms with Crippen molar-refractivity contribution in [2.45, 2.75) is 26.7 Å². The quantitative estimate of drug-likeness (QED) is 0.578. The molecule has 4 rings (SSSR count).